The average Bonchev–Trinajstić information content (AvgIpc) is 3.08. The maximum Gasteiger partial charge on any atom is 0.294 e. The summed E-state index contributed by atoms with van der Waals surface area (Å²) in [4.78, 5) is 23.9. The Morgan fingerprint density at radius 2 is 1.78 bits per heavy atom. The molecule has 0 bridgehead atoms. The third-order valence-electron chi connectivity index (χ3n) is 3.44. The normalized spacial score (nSPS) is 10.3. The number of aromatic nitrogens is 2. The monoisotopic (exact) mass is 386 g/mol. The summed E-state index contributed by atoms with van der Waals surface area (Å²) in [5.41, 5.74) is 4.79. The first-order valence-corrected chi connectivity index (χ1v) is 8.23. The van der Waals surface area contributed by atoms with Gasteiger partial charge >= 0.3 is 0 Å². The first-order valence-electron chi connectivity index (χ1n) is 7.85. The number of amides is 2. The van der Waals surface area contributed by atoms with Crippen LogP contribution in [0.5, 0.6) is 11.5 Å². The molecule has 1 heterocycles. The number of hydrogen-bond acceptors (Lipinski definition) is 5. The molecule has 3 aromatic rings. The lowest BCUT2D eigenvalue weighted by Crippen LogP contribution is -2.44. The van der Waals surface area contributed by atoms with Crippen LogP contribution in [-0.4, -0.2) is 33.3 Å². The molecule has 138 valence electrons. The minimum atomic E-state index is -0.770. The molecule has 9 heteroatoms. The van der Waals surface area contributed by atoms with Crippen molar-refractivity contribution in [1.29, 1.82) is 0 Å². The lowest BCUT2D eigenvalue weighted by molar-refractivity contribution is -0.123. The van der Waals surface area contributed by atoms with E-state index < -0.39 is 11.8 Å². The zero-order valence-electron chi connectivity index (χ0n) is 13.9. The number of hydrogen-bond donors (Lipinski definition) is 3. The van der Waals surface area contributed by atoms with Crippen molar-refractivity contribution in [3.05, 3.63) is 71.5 Å². The molecule has 0 spiro atoms. The van der Waals surface area contributed by atoms with Crippen molar-refractivity contribution >= 4 is 23.4 Å². The Labute approximate surface area is 159 Å². The molecule has 1 aromatic heterocycles. The summed E-state index contributed by atoms with van der Waals surface area (Å²) in [6, 6.07) is 15.7. The molecule has 2 amide bonds. The number of nitrogens with zero attached hydrogens (tertiary/aromatic N) is 2. The van der Waals surface area contributed by atoms with E-state index in [4.69, 9.17) is 16.3 Å². The summed E-state index contributed by atoms with van der Waals surface area (Å²) >= 11 is 5.92. The van der Waals surface area contributed by atoms with Crippen molar-refractivity contribution < 1.29 is 19.4 Å². The van der Waals surface area contributed by atoms with Gasteiger partial charge in [-0.1, -0.05) is 41.9 Å². The summed E-state index contributed by atoms with van der Waals surface area (Å²) in [6.07, 6.45) is 1.30. The zero-order valence-corrected chi connectivity index (χ0v) is 14.7. The van der Waals surface area contributed by atoms with Gasteiger partial charge < -0.3 is 9.84 Å². The molecule has 27 heavy (non-hydrogen) atoms. The van der Waals surface area contributed by atoms with Crippen LogP contribution in [0.3, 0.4) is 0 Å². The highest BCUT2D eigenvalue weighted by Crippen LogP contribution is 2.22. The topological polar surface area (TPSA) is 105 Å². The number of nitrogens with one attached hydrogen (secondary N) is 2. The Morgan fingerprint density at radius 3 is 2.52 bits per heavy atom. The van der Waals surface area contributed by atoms with E-state index in [0.717, 1.165) is 0 Å². The molecule has 8 nitrogen and oxygen atoms in total. The van der Waals surface area contributed by atoms with Gasteiger partial charge in [0.15, 0.2) is 18.1 Å². The van der Waals surface area contributed by atoms with Crippen LogP contribution in [0, 0.1) is 0 Å². The van der Waals surface area contributed by atoms with Gasteiger partial charge in [0.25, 0.3) is 11.8 Å². The highest BCUT2D eigenvalue weighted by atomic mass is 35.5. The molecule has 0 aliphatic carbocycles. The van der Waals surface area contributed by atoms with E-state index in [9.17, 15) is 14.7 Å². The van der Waals surface area contributed by atoms with Crippen LogP contribution < -0.4 is 15.6 Å². The van der Waals surface area contributed by atoms with Crippen LogP contribution in [0.2, 0.25) is 5.02 Å². The number of ether oxygens (including phenoxy) is 1. The van der Waals surface area contributed by atoms with Gasteiger partial charge in [-0.2, -0.15) is 5.10 Å². The smallest absolute Gasteiger partial charge is 0.294 e. The summed E-state index contributed by atoms with van der Waals surface area (Å²) < 4.78 is 6.61. The highest BCUT2D eigenvalue weighted by Gasteiger charge is 2.18. The summed E-state index contributed by atoms with van der Waals surface area (Å²) in [5, 5.41) is 14.3. The molecule has 0 fully saturated rings. The molecule has 0 atom stereocenters. The fourth-order valence-corrected chi connectivity index (χ4v) is 2.36. The van der Waals surface area contributed by atoms with E-state index in [1.54, 1.807) is 48.5 Å². The van der Waals surface area contributed by atoms with Crippen molar-refractivity contribution in [2.24, 2.45) is 0 Å². The SMILES string of the molecule is O=C(COc1ccccc1Cl)NNC(=O)c1nn(-c2ccccc2)cc1O. The Morgan fingerprint density at radius 1 is 1.07 bits per heavy atom. The van der Waals surface area contributed by atoms with E-state index in [0.29, 0.717) is 16.5 Å². The van der Waals surface area contributed by atoms with Crippen LogP contribution in [-0.2, 0) is 4.79 Å². The molecule has 3 N–H and O–H groups in total. The first kappa shape index (κ1) is 18.3. The summed E-state index contributed by atoms with van der Waals surface area (Å²) in [5.74, 6) is -1.35. The lowest BCUT2D eigenvalue weighted by atomic mass is 10.3. The average molecular weight is 387 g/mol. The van der Waals surface area contributed by atoms with E-state index in [2.05, 4.69) is 16.0 Å². The summed E-state index contributed by atoms with van der Waals surface area (Å²) in [6.45, 7) is -0.353. The zero-order chi connectivity index (χ0) is 19.2. The Bertz CT molecular complexity index is 959. The van der Waals surface area contributed by atoms with Crippen molar-refractivity contribution in [3.63, 3.8) is 0 Å². The third kappa shape index (κ3) is 4.56. The van der Waals surface area contributed by atoms with Crippen LogP contribution in [0.4, 0.5) is 0 Å². The molecule has 0 aliphatic heterocycles. The second-order valence-corrected chi connectivity index (χ2v) is 5.77. The molecule has 0 saturated heterocycles. The van der Waals surface area contributed by atoms with Gasteiger partial charge in [-0.25, -0.2) is 4.68 Å². The van der Waals surface area contributed by atoms with E-state index >= 15 is 0 Å². The maximum atomic E-state index is 12.1. The van der Waals surface area contributed by atoms with Crippen LogP contribution >= 0.6 is 11.6 Å². The van der Waals surface area contributed by atoms with Gasteiger partial charge in [-0.15, -0.1) is 0 Å². The van der Waals surface area contributed by atoms with Gasteiger partial charge in [0.1, 0.15) is 5.75 Å². The molecule has 0 saturated carbocycles. The van der Waals surface area contributed by atoms with Crippen molar-refractivity contribution in [1.82, 2.24) is 20.6 Å². The number of benzene rings is 2. The van der Waals surface area contributed by atoms with Crippen LogP contribution in [0.15, 0.2) is 60.8 Å². The van der Waals surface area contributed by atoms with E-state index in [1.165, 1.54) is 10.9 Å². The minimum absolute atomic E-state index is 0.230. The van der Waals surface area contributed by atoms with E-state index in [-0.39, 0.29) is 18.1 Å². The number of halogens is 1. The predicted octanol–water partition coefficient (Wildman–Crippen LogP) is 2.07. The number of hydrazine groups is 1. The Balaban J connectivity index is 1.55. The van der Waals surface area contributed by atoms with Gasteiger partial charge in [0, 0.05) is 0 Å². The fourth-order valence-electron chi connectivity index (χ4n) is 2.17. The molecular formula is C18H15ClN4O4. The summed E-state index contributed by atoms with van der Waals surface area (Å²) in [7, 11) is 0. The quantitative estimate of drug-likeness (QED) is 0.582. The van der Waals surface area contributed by atoms with E-state index in [1.807, 2.05) is 6.07 Å². The molecule has 0 radical (unpaired) electrons. The van der Waals surface area contributed by atoms with Crippen LogP contribution in [0.25, 0.3) is 5.69 Å². The maximum absolute atomic E-state index is 12.1. The van der Waals surface area contributed by atoms with Gasteiger partial charge in [0.05, 0.1) is 16.9 Å². The van der Waals surface area contributed by atoms with Crippen molar-refractivity contribution in [3.8, 4) is 17.2 Å². The van der Waals surface area contributed by atoms with Crippen LogP contribution in [0.1, 0.15) is 10.5 Å². The highest BCUT2D eigenvalue weighted by molar-refractivity contribution is 6.32. The number of carbonyl (C=O) groups is 2. The minimum Gasteiger partial charge on any atom is -0.504 e. The lowest BCUT2D eigenvalue weighted by Gasteiger charge is -2.09. The largest absolute Gasteiger partial charge is 0.504 e. The Hall–Kier alpha value is -3.52. The van der Waals surface area contributed by atoms with Gasteiger partial charge in [0.2, 0.25) is 0 Å². The van der Waals surface area contributed by atoms with Gasteiger partial charge in [-0.05, 0) is 24.3 Å². The number of para-hydroxylation sites is 2. The predicted molar refractivity (Wildman–Crippen MR) is 97.8 cm³/mol. The third-order valence-corrected chi connectivity index (χ3v) is 3.75. The number of carbonyl (C=O) groups excluding carboxylic acids is 2. The fraction of sp³-hybridized carbons (Fsp3) is 0.0556. The van der Waals surface area contributed by atoms with Gasteiger partial charge in [-0.3, -0.25) is 20.4 Å². The molecule has 0 aliphatic rings. The van der Waals surface area contributed by atoms with Crippen molar-refractivity contribution in [2.75, 3.05) is 6.61 Å². The second kappa shape index (κ2) is 8.24. The standard InChI is InChI=1S/C18H15ClN4O4/c19-13-8-4-5-9-15(13)27-11-16(25)20-21-18(26)17-14(24)10-23(22-17)12-6-2-1-3-7-12/h1-10,24H,11H2,(H,20,25)(H,21,26). The molecular weight excluding hydrogens is 372 g/mol. The number of aromatic hydroxyl groups is 1. The number of rotatable bonds is 5. The molecule has 0 unspecified atom stereocenters. The first-order chi connectivity index (χ1) is 13.0. The molecule has 3 rings (SSSR count). The molecule has 2 aromatic carbocycles. The van der Waals surface area contributed by atoms with Crippen molar-refractivity contribution in [2.45, 2.75) is 0 Å². The Kier molecular flexibility index (Phi) is 5.58. The second-order valence-electron chi connectivity index (χ2n) is 5.36.